The van der Waals surface area contributed by atoms with Gasteiger partial charge in [0.1, 0.15) is 0 Å². The van der Waals surface area contributed by atoms with Crippen molar-refractivity contribution in [1.82, 2.24) is 10.2 Å². The maximum Gasteiger partial charge on any atom is 0.223 e. The maximum absolute atomic E-state index is 11.4. The third-order valence-corrected chi connectivity index (χ3v) is 2.40. The lowest BCUT2D eigenvalue weighted by Gasteiger charge is -2.28. The van der Waals surface area contributed by atoms with Crippen molar-refractivity contribution in [1.29, 1.82) is 0 Å². The maximum atomic E-state index is 11.4. The number of nitrogens with zero attached hydrogens (tertiary/aromatic N) is 1. The molecule has 0 aliphatic carbocycles. The molecule has 0 radical (unpaired) electrons. The van der Waals surface area contributed by atoms with Crippen molar-refractivity contribution in [3.8, 4) is 0 Å². The number of piperidine rings is 1. The Labute approximate surface area is 78.3 Å². The van der Waals surface area contributed by atoms with Crippen molar-refractivity contribution in [2.45, 2.75) is 19.8 Å². The van der Waals surface area contributed by atoms with Gasteiger partial charge in [-0.15, -0.1) is 0 Å². The molecule has 1 saturated heterocycles. The molecule has 1 aliphatic heterocycles. The molecule has 0 spiro atoms. The highest BCUT2D eigenvalue weighted by molar-refractivity contribution is 5.78. The molecular weight excluding hydrogens is 168 g/mol. The number of hydrogen-bond donors (Lipinski definition) is 1. The molecule has 1 fully saturated rings. The van der Waals surface area contributed by atoms with Crippen LogP contribution in [0.5, 0.6) is 0 Å². The second kappa shape index (κ2) is 4.84. The van der Waals surface area contributed by atoms with Gasteiger partial charge < -0.3 is 10.2 Å². The van der Waals surface area contributed by atoms with E-state index in [2.05, 4.69) is 5.32 Å². The van der Waals surface area contributed by atoms with E-state index < -0.39 is 0 Å². The Kier molecular flexibility index (Phi) is 3.73. The molecule has 13 heavy (non-hydrogen) atoms. The van der Waals surface area contributed by atoms with Crippen LogP contribution in [-0.2, 0) is 9.59 Å². The van der Waals surface area contributed by atoms with Crippen molar-refractivity contribution in [3.05, 3.63) is 0 Å². The second-order valence-electron chi connectivity index (χ2n) is 3.31. The minimum atomic E-state index is 0.108. The predicted octanol–water partition coefficient (Wildman–Crippen LogP) is -0.00910. The molecule has 1 N–H and O–H groups in total. The number of amides is 2. The molecule has 0 aromatic carbocycles. The van der Waals surface area contributed by atoms with Gasteiger partial charge in [-0.2, -0.15) is 0 Å². The van der Waals surface area contributed by atoms with Gasteiger partial charge in [0.05, 0.1) is 0 Å². The van der Waals surface area contributed by atoms with Crippen LogP contribution in [0.3, 0.4) is 0 Å². The predicted molar refractivity (Wildman–Crippen MR) is 49.0 cm³/mol. The van der Waals surface area contributed by atoms with Gasteiger partial charge in [0.2, 0.25) is 12.3 Å². The van der Waals surface area contributed by atoms with E-state index in [0.29, 0.717) is 19.6 Å². The van der Waals surface area contributed by atoms with Crippen LogP contribution in [0.2, 0.25) is 0 Å². The summed E-state index contributed by atoms with van der Waals surface area (Å²) < 4.78 is 0. The number of likely N-dealkylation sites (tertiary alicyclic amines) is 1. The minimum absolute atomic E-state index is 0.108. The number of carbonyl (C=O) groups excluding carboxylic acids is 2. The van der Waals surface area contributed by atoms with Gasteiger partial charge in [-0.05, 0) is 19.8 Å². The summed E-state index contributed by atoms with van der Waals surface area (Å²) >= 11 is 0. The zero-order chi connectivity index (χ0) is 9.68. The summed E-state index contributed by atoms with van der Waals surface area (Å²) in [6.45, 7) is 4.03. The third-order valence-electron chi connectivity index (χ3n) is 2.40. The van der Waals surface area contributed by atoms with E-state index >= 15 is 0 Å². The fourth-order valence-corrected chi connectivity index (χ4v) is 1.59. The summed E-state index contributed by atoms with van der Waals surface area (Å²) in [5.74, 6) is 0.240. The normalized spacial score (nSPS) is 18.4. The van der Waals surface area contributed by atoms with Crippen LogP contribution in [0.1, 0.15) is 19.8 Å². The van der Waals surface area contributed by atoms with Crippen molar-refractivity contribution >= 4 is 12.3 Å². The van der Waals surface area contributed by atoms with Gasteiger partial charge in [-0.25, -0.2) is 0 Å². The fourth-order valence-electron chi connectivity index (χ4n) is 1.59. The van der Waals surface area contributed by atoms with Crippen LogP contribution in [0, 0.1) is 5.92 Å². The lowest BCUT2D eigenvalue weighted by molar-refractivity contribution is -0.128. The quantitative estimate of drug-likeness (QED) is 0.627. The molecule has 1 heterocycles. The van der Waals surface area contributed by atoms with E-state index in [0.717, 1.165) is 19.3 Å². The molecule has 1 rings (SSSR count). The Morgan fingerprint density at radius 2 is 2.15 bits per heavy atom. The van der Waals surface area contributed by atoms with Crippen molar-refractivity contribution in [2.75, 3.05) is 19.6 Å². The molecule has 1 aliphatic rings. The van der Waals surface area contributed by atoms with Gasteiger partial charge >= 0.3 is 0 Å². The van der Waals surface area contributed by atoms with Gasteiger partial charge in [-0.1, -0.05) is 0 Å². The number of nitrogens with one attached hydrogen (secondary N) is 1. The molecule has 0 aromatic rings. The van der Waals surface area contributed by atoms with Crippen LogP contribution in [0.15, 0.2) is 0 Å². The number of carbonyl (C=O) groups is 2. The largest absolute Gasteiger partial charge is 0.356 e. The average molecular weight is 184 g/mol. The molecule has 2 amide bonds. The fraction of sp³-hybridized carbons (Fsp3) is 0.778. The molecule has 0 unspecified atom stereocenters. The molecule has 0 bridgehead atoms. The van der Waals surface area contributed by atoms with E-state index in [1.807, 2.05) is 6.92 Å². The Balaban J connectivity index is 2.31. The lowest BCUT2D eigenvalue weighted by atomic mass is 9.96. The van der Waals surface area contributed by atoms with Crippen LogP contribution in [0.25, 0.3) is 0 Å². The first-order chi connectivity index (χ1) is 6.27. The number of hydrogen-bond acceptors (Lipinski definition) is 2. The molecule has 74 valence electrons. The van der Waals surface area contributed by atoms with Crippen molar-refractivity contribution < 1.29 is 9.59 Å². The van der Waals surface area contributed by atoms with Crippen molar-refractivity contribution in [2.24, 2.45) is 5.92 Å². The highest BCUT2D eigenvalue weighted by Crippen LogP contribution is 2.15. The monoisotopic (exact) mass is 184 g/mol. The van der Waals surface area contributed by atoms with Gasteiger partial charge in [0.15, 0.2) is 0 Å². The van der Waals surface area contributed by atoms with Crippen LogP contribution in [0.4, 0.5) is 0 Å². The molecule has 4 heteroatoms. The summed E-state index contributed by atoms with van der Waals surface area (Å²) in [4.78, 5) is 23.5. The zero-order valence-electron chi connectivity index (χ0n) is 7.95. The SMILES string of the molecule is CCNC(=O)C1CCN(C=O)CC1. The molecule has 0 aromatic heterocycles. The highest BCUT2D eigenvalue weighted by Gasteiger charge is 2.23. The number of rotatable bonds is 3. The molecule has 0 saturated carbocycles. The Morgan fingerprint density at radius 3 is 2.62 bits per heavy atom. The van der Waals surface area contributed by atoms with E-state index in [1.54, 1.807) is 4.90 Å². The summed E-state index contributed by atoms with van der Waals surface area (Å²) in [6.07, 6.45) is 2.45. The minimum Gasteiger partial charge on any atom is -0.356 e. The highest BCUT2D eigenvalue weighted by atomic mass is 16.2. The van der Waals surface area contributed by atoms with Crippen LogP contribution < -0.4 is 5.32 Å². The van der Waals surface area contributed by atoms with E-state index in [4.69, 9.17) is 0 Å². The average Bonchev–Trinajstić information content (AvgIpc) is 2.18. The first-order valence-electron chi connectivity index (χ1n) is 4.75. The van der Waals surface area contributed by atoms with Gasteiger partial charge in [0.25, 0.3) is 0 Å². The Bertz CT molecular complexity index is 186. The van der Waals surface area contributed by atoms with Crippen LogP contribution in [-0.4, -0.2) is 36.9 Å². The third kappa shape index (κ3) is 2.72. The molecule has 0 atom stereocenters. The smallest absolute Gasteiger partial charge is 0.223 e. The summed E-state index contributed by atoms with van der Waals surface area (Å²) in [5, 5.41) is 2.80. The summed E-state index contributed by atoms with van der Waals surface area (Å²) in [7, 11) is 0. The van der Waals surface area contributed by atoms with E-state index in [9.17, 15) is 9.59 Å². The second-order valence-corrected chi connectivity index (χ2v) is 3.31. The van der Waals surface area contributed by atoms with Gasteiger partial charge in [-0.3, -0.25) is 9.59 Å². The summed E-state index contributed by atoms with van der Waals surface area (Å²) in [5.41, 5.74) is 0. The molecular formula is C9H16N2O2. The summed E-state index contributed by atoms with van der Waals surface area (Å²) in [6, 6.07) is 0. The Hall–Kier alpha value is -1.06. The Morgan fingerprint density at radius 1 is 1.54 bits per heavy atom. The zero-order valence-corrected chi connectivity index (χ0v) is 7.95. The van der Waals surface area contributed by atoms with Gasteiger partial charge in [0, 0.05) is 25.6 Å². The van der Waals surface area contributed by atoms with Crippen molar-refractivity contribution in [3.63, 3.8) is 0 Å². The van der Waals surface area contributed by atoms with E-state index in [1.165, 1.54) is 0 Å². The standard InChI is InChI=1S/C9H16N2O2/c1-2-10-9(13)8-3-5-11(7-12)6-4-8/h7-8H,2-6H2,1H3,(H,10,13). The van der Waals surface area contributed by atoms with E-state index in [-0.39, 0.29) is 11.8 Å². The lowest BCUT2D eigenvalue weighted by Crippen LogP contribution is -2.39. The van der Waals surface area contributed by atoms with Crippen LogP contribution >= 0.6 is 0 Å². The topological polar surface area (TPSA) is 49.4 Å². The molecule has 4 nitrogen and oxygen atoms in total. The first-order valence-corrected chi connectivity index (χ1v) is 4.75. The first kappa shape index (κ1) is 10.0.